The first kappa shape index (κ1) is 26.6. The van der Waals surface area contributed by atoms with Crippen molar-refractivity contribution in [2.75, 3.05) is 55.7 Å². The number of rotatable bonds is 13. The van der Waals surface area contributed by atoms with E-state index >= 15 is 0 Å². The first-order chi connectivity index (χ1) is 16.4. The van der Waals surface area contributed by atoms with E-state index in [1.807, 2.05) is 12.1 Å². The highest BCUT2D eigenvalue weighted by Crippen LogP contribution is 2.34. The van der Waals surface area contributed by atoms with Gasteiger partial charge in [0.2, 0.25) is 5.91 Å². The van der Waals surface area contributed by atoms with Gasteiger partial charge in [0, 0.05) is 30.8 Å². The zero-order valence-corrected chi connectivity index (χ0v) is 20.4. The van der Waals surface area contributed by atoms with E-state index in [1.54, 1.807) is 37.3 Å². The second-order valence-electron chi connectivity index (χ2n) is 7.24. The Morgan fingerprint density at radius 2 is 1.32 bits per heavy atom. The van der Waals surface area contributed by atoms with E-state index in [2.05, 4.69) is 5.32 Å². The molecular weight excluding hydrogens is 444 g/mol. The smallest absolute Gasteiger partial charge is 0.319 e. The maximum Gasteiger partial charge on any atom is 0.319 e. The van der Waals surface area contributed by atoms with Gasteiger partial charge >= 0.3 is 5.97 Å². The molecule has 10 heteroatoms. The molecule has 186 valence electrons. The summed E-state index contributed by atoms with van der Waals surface area (Å²) in [4.78, 5) is 26.4. The fourth-order valence-corrected chi connectivity index (χ4v) is 3.31. The minimum atomic E-state index is -0.454. The van der Waals surface area contributed by atoms with Crippen LogP contribution in [0.15, 0.2) is 30.3 Å². The summed E-state index contributed by atoms with van der Waals surface area (Å²) < 4.78 is 31.4. The number of benzene rings is 2. The third kappa shape index (κ3) is 7.45. The Morgan fingerprint density at radius 3 is 1.85 bits per heavy atom. The molecule has 10 nitrogen and oxygen atoms in total. The minimum Gasteiger partial charge on any atom is -0.497 e. The average molecular weight is 477 g/mol. The summed E-state index contributed by atoms with van der Waals surface area (Å²) in [6.07, 6.45) is 0. The van der Waals surface area contributed by atoms with Gasteiger partial charge in [-0.1, -0.05) is 0 Å². The summed E-state index contributed by atoms with van der Waals surface area (Å²) in [6.45, 7) is 0.393. The minimum absolute atomic E-state index is 0.0375. The molecule has 2 rings (SSSR count). The molecule has 0 saturated carbocycles. The standard InChI is InChI=1S/C24H32N2O8/c1-29-18-7-16(8-19(10-18)30-2)13-26(15-24(28)34-6)14-23(27)25-12-17-9-21(32-4)22(33-5)11-20(17)31-3/h7-11H,12-15H2,1-6H3,(H,25,27). The van der Waals surface area contributed by atoms with Crippen molar-refractivity contribution in [2.45, 2.75) is 13.1 Å². The number of hydrogen-bond acceptors (Lipinski definition) is 9. The van der Waals surface area contributed by atoms with Gasteiger partial charge in [0.1, 0.15) is 17.2 Å². The lowest BCUT2D eigenvalue weighted by Gasteiger charge is -2.21. The lowest BCUT2D eigenvalue weighted by atomic mass is 10.1. The quantitative estimate of drug-likeness (QED) is 0.435. The Kier molecular flexibility index (Phi) is 10.3. The van der Waals surface area contributed by atoms with E-state index in [-0.39, 0.29) is 25.5 Å². The zero-order chi connectivity index (χ0) is 25.1. The Labute approximate surface area is 199 Å². The summed E-state index contributed by atoms with van der Waals surface area (Å²) in [5.74, 6) is 2.07. The lowest BCUT2D eigenvalue weighted by molar-refractivity contribution is -0.142. The molecule has 0 atom stereocenters. The van der Waals surface area contributed by atoms with Crippen molar-refractivity contribution in [2.24, 2.45) is 0 Å². The lowest BCUT2D eigenvalue weighted by Crippen LogP contribution is -2.39. The van der Waals surface area contributed by atoms with Crippen molar-refractivity contribution in [3.63, 3.8) is 0 Å². The number of ether oxygens (including phenoxy) is 6. The van der Waals surface area contributed by atoms with Crippen LogP contribution in [-0.2, 0) is 27.4 Å². The molecule has 0 radical (unpaired) electrons. The van der Waals surface area contributed by atoms with E-state index in [9.17, 15) is 9.59 Å². The summed E-state index contributed by atoms with van der Waals surface area (Å²) in [5, 5.41) is 2.86. The van der Waals surface area contributed by atoms with Crippen LogP contribution in [0.5, 0.6) is 28.7 Å². The van der Waals surface area contributed by atoms with Gasteiger partial charge in [-0.25, -0.2) is 0 Å². The largest absolute Gasteiger partial charge is 0.497 e. The Balaban J connectivity index is 2.14. The van der Waals surface area contributed by atoms with Crippen molar-refractivity contribution in [1.82, 2.24) is 10.2 Å². The second-order valence-corrected chi connectivity index (χ2v) is 7.24. The monoisotopic (exact) mass is 476 g/mol. The van der Waals surface area contributed by atoms with Crippen LogP contribution in [0, 0.1) is 0 Å². The molecule has 0 fully saturated rings. The molecule has 0 bridgehead atoms. The van der Waals surface area contributed by atoms with Crippen molar-refractivity contribution in [3.05, 3.63) is 41.5 Å². The van der Waals surface area contributed by atoms with E-state index in [0.717, 1.165) is 5.56 Å². The highest BCUT2D eigenvalue weighted by molar-refractivity contribution is 5.79. The summed E-state index contributed by atoms with van der Waals surface area (Å²) in [7, 11) is 9.02. The number of amides is 1. The normalized spacial score (nSPS) is 10.4. The Morgan fingerprint density at radius 1 is 0.735 bits per heavy atom. The van der Waals surface area contributed by atoms with E-state index < -0.39 is 5.97 Å². The molecule has 0 saturated heterocycles. The number of hydrogen-bond donors (Lipinski definition) is 1. The summed E-state index contributed by atoms with van der Waals surface area (Å²) in [5.41, 5.74) is 1.53. The summed E-state index contributed by atoms with van der Waals surface area (Å²) in [6, 6.07) is 8.82. The fourth-order valence-electron chi connectivity index (χ4n) is 3.31. The predicted molar refractivity (Wildman–Crippen MR) is 125 cm³/mol. The van der Waals surface area contributed by atoms with Crippen LogP contribution in [0.4, 0.5) is 0 Å². The predicted octanol–water partition coefficient (Wildman–Crippen LogP) is 2.02. The van der Waals surface area contributed by atoms with Gasteiger partial charge in [0.05, 0.1) is 55.7 Å². The topological polar surface area (TPSA) is 105 Å². The van der Waals surface area contributed by atoms with Gasteiger partial charge in [-0.15, -0.1) is 0 Å². The number of nitrogens with zero attached hydrogens (tertiary/aromatic N) is 1. The van der Waals surface area contributed by atoms with Crippen LogP contribution in [0.2, 0.25) is 0 Å². The van der Waals surface area contributed by atoms with Crippen molar-refractivity contribution < 1.29 is 38.0 Å². The molecular formula is C24H32N2O8. The fraction of sp³-hybridized carbons (Fsp3) is 0.417. The van der Waals surface area contributed by atoms with Crippen LogP contribution < -0.4 is 29.0 Å². The van der Waals surface area contributed by atoms with Crippen LogP contribution in [0.3, 0.4) is 0 Å². The maximum absolute atomic E-state index is 12.8. The molecule has 0 aliphatic rings. The molecule has 34 heavy (non-hydrogen) atoms. The van der Waals surface area contributed by atoms with E-state index in [0.29, 0.717) is 40.9 Å². The highest BCUT2D eigenvalue weighted by atomic mass is 16.5. The maximum atomic E-state index is 12.8. The highest BCUT2D eigenvalue weighted by Gasteiger charge is 2.18. The van der Waals surface area contributed by atoms with Gasteiger partial charge < -0.3 is 33.7 Å². The number of methoxy groups -OCH3 is 6. The third-order valence-electron chi connectivity index (χ3n) is 5.03. The number of nitrogens with one attached hydrogen (secondary N) is 1. The SMILES string of the molecule is COC(=O)CN(CC(=O)NCc1cc(OC)c(OC)cc1OC)Cc1cc(OC)cc(OC)c1. The second kappa shape index (κ2) is 13.1. The zero-order valence-electron chi connectivity index (χ0n) is 20.4. The first-order valence-electron chi connectivity index (χ1n) is 10.4. The first-order valence-corrected chi connectivity index (χ1v) is 10.4. The van der Waals surface area contributed by atoms with Crippen LogP contribution >= 0.6 is 0 Å². The van der Waals surface area contributed by atoms with Gasteiger partial charge in [-0.2, -0.15) is 0 Å². The van der Waals surface area contributed by atoms with Crippen LogP contribution in [0.1, 0.15) is 11.1 Å². The summed E-state index contributed by atoms with van der Waals surface area (Å²) >= 11 is 0. The van der Waals surface area contributed by atoms with E-state index in [4.69, 9.17) is 28.4 Å². The molecule has 1 N–H and O–H groups in total. The van der Waals surface area contributed by atoms with Crippen molar-refractivity contribution in [1.29, 1.82) is 0 Å². The molecule has 0 aliphatic heterocycles. The Bertz CT molecular complexity index is 957. The molecule has 1 amide bonds. The van der Waals surface area contributed by atoms with Crippen LogP contribution in [-0.4, -0.2) is 72.5 Å². The molecule has 0 heterocycles. The molecule has 0 aromatic heterocycles. The molecule has 0 spiro atoms. The molecule has 2 aromatic rings. The molecule has 2 aromatic carbocycles. The number of esters is 1. The van der Waals surface area contributed by atoms with Crippen molar-refractivity contribution in [3.8, 4) is 28.7 Å². The molecule has 0 aliphatic carbocycles. The van der Waals surface area contributed by atoms with Crippen LogP contribution in [0.25, 0.3) is 0 Å². The van der Waals surface area contributed by atoms with Gasteiger partial charge in [-0.05, 0) is 23.8 Å². The van der Waals surface area contributed by atoms with Crippen molar-refractivity contribution >= 4 is 11.9 Å². The third-order valence-corrected chi connectivity index (χ3v) is 5.03. The number of carbonyl (C=O) groups excluding carboxylic acids is 2. The Hall–Kier alpha value is -3.66. The average Bonchev–Trinajstić information content (AvgIpc) is 2.86. The van der Waals surface area contributed by atoms with Gasteiger partial charge in [0.15, 0.2) is 11.5 Å². The van der Waals surface area contributed by atoms with Gasteiger partial charge in [-0.3, -0.25) is 14.5 Å². The number of carbonyl (C=O) groups is 2. The van der Waals surface area contributed by atoms with Gasteiger partial charge in [0.25, 0.3) is 0 Å². The van der Waals surface area contributed by atoms with E-state index in [1.165, 1.54) is 28.4 Å². The molecule has 0 unspecified atom stereocenters.